The van der Waals surface area contributed by atoms with Gasteiger partial charge < -0.3 is 13.9 Å². The van der Waals surface area contributed by atoms with Gasteiger partial charge in [0.05, 0.1) is 11.5 Å². The molecular formula is C16H15N3O4S. The van der Waals surface area contributed by atoms with Crippen molar-refractivity contribution in [1.82, 2.24) is 15.2 Å². The summed E-state index contributed by atoms with van der Waals surface area (Å²) in [5.74, 6) is 0.310. The molecule has 124 valence electrons. The van der Waals surface area contributed by atoms with Gasteiger partial charge in [0, 0.05) is 6.20 Å². The van der Waals surface area contributed by atoms with Crippen LogP contribution in [0, 0.1) is 0 Å². The summed E-state index contributed by atoms with van der Waals surface area (Å²) in [6.45, 7) is 3.89. The molecule has 1 unspecified atom stereocenters. The molecule has 3 aromatic heterocycles. The fraction of sp³-hybridized carbons (Fsp3) is 0.250. The average Bonchev–Trinajstić information content (AvgIpc) is 3.27. The van der Waals surface area contributed by atoms with Crippen LogP contribution in [0.5, 0.6) is 5.88 Å². The van der Waals surface area contributed by atoms with Crippen LogP contribution >= 0.6 is 11.3 Å². The third-order valence-corrected chi connectivity index (χ3v) is 3.93. The monoisotopic (exact) mass is 345 g/mol. The Bertz CT molecular complexity index is 816. The lowest BCUT2D eigenvalue weighted by Crippen LogP contribution is -2.12. The SMILES string of the molecule is CCOc1ncccc1C(=O)OC(C)c1nnc(-c2cccs2)o1. The molecule has 0 aliphatic heterocycles. The Morgan fingerprint density at radius 1 is 1.33 bits per heavy atom. The van der Waals surface area contributed by atoms with Gasteiger partial charge >= 0.3 is 5.97 Å². The summed E-state index contributed by atoms with van der Waals surface area (Å²) >= 11 is 1.49. The summed E-state index contributed by atoms with van der Waals surface area (Å²) in [5.41, 5.74) is 0.254. The van der Waals surface area contributed by atoms with Gasteiger partial charge in [0.2, 0.25) is 5.88 Å². The number of ether oxygens (including phenoxy) is 2. The minimum absolute atomic E-state index is 0.230. The fourth-order valence-corrected chi connectivity index (χ4v) is 2.62. The van der Waals surface area contributed by atoms with Crippen molar-refractivity contribution < 1.29 is 18.7 Å². The van der Waals surface area contributed by atoms with Gasteiger partial charge in [0.25, 0.3) is 11.8 Å². The number of rotatable bonds is 6. The first-order valence-corrected chi connectivity index (χ1v) is 8.23. The molecule has 0 fully saturated rings. The normalized spacial score (nSPS) is 11.9. The first-order valence-electron chi connectivity index (χ1n) is 7.35. The highest BCUT2D eigenvalue weighted by atomic mass is 32.1. The smallest absolute Gasteiger partial charge is 0.344 e. The quantitative estimate of drug-likeness (QED) is 0.632. The zero-order valence-electron chi connectivity index (χ0n) is 13.1. The van der Waals surface area contributed by atoms with Crippen molar-refractivity contribution >= 4 is 17.3 Å². The first-order chi connectivity index (χ1) is 11.7. The van der Waals surface area contributed by atoms with Gasteiger partial charge in [-0.2, -0.15) is 0 Å². The van der Waals surface area contributed by atoms with E-state index in [4.69, 9.17) is 13.9 Å². The van der Waals surface area contributed by atoms with E-state index in [1.165, 1.54) is 11.3 Å². The molecule has 0 N–H and O–H groups in total. The number of pyridine rings is 1. The number of carbonyl (C=O) groups is 1. The van der Waals surface area contributed by atoms with Gasteiger partial charge in [-0.15, -0.1) is 21.5 Å². The molecule has 0 bridgehead atoms. The van der Waals surface area contributed by atoms with E-state index in [9.17, 15) is 4.79 Å². The van der Waals surface area contributed by atoms with Crippen molar-refractivity contribution in [3.05, 3.63) is 47.3 Å². The second-order valence-electron chi connectivity index (χ2n) is 4.76. The molecule has 0 spiro atoms. The summed E-state index contributed by atoms with van der Waals surface area (Å²) in [6.07, 6.45) is 0.865. The van der Waals surface area contributed by atoms with Crippen LogP contribution in [0.4, 0.5) is 0 Å². The maximum atomic E-state index is 12.3. The molecule has 0 saturated carbocycles. The molecule has 3 heterocycles. The van der Waals surface area contributed by atoms with Crippen molar-refractivity contribution in [2.24, 2.45) is 0 Å². The number of hydrogen-bond donors (Lipinski definition) is 0. The van der Waals surface area contributed by atoms with Crippen LogP contribution in [0.2, 0.25) is 0 Å². The highest BCUT2D eigenvalue weighted by Crippen LogP contribution is 2.26. The molecule has 0 amide bonds. The maximum absolute atomic E-state index is 12.3. The molecular weight excluding hydrogens is 330 g/mol. The molecule has 24 heavy (non-hydrogen) atoms. The Balaban J connectivity index is 1.73. The van der Waals surface area contributed by atoms with E-state index in [0.29, 0.717) is 12.5 Å². The minimum Gasteiger partial charge on any atom is -0.477 e. The lowest BCUT2D eigenvalue weighted by molar-refractivity contribution is 0.0275. The van der Waals surface area contributed by atoms with Gasteiger partial charge in [-0.3, -0.25) is 0 Å². The van der Waals surface area contributed by atoms with Crippen LogP contribution in [-0.4, -0.2) is 27.8 Å². The van der Waals surface area contributed by atoms with E-state index in [1.807, 2.05) is 24.4 Å². The molecule has 0 aromatic carbocycles. The van der Waals surface area contributed by atoms with Crippen molar-refractivity contribution in [3.63, 3.8) is 0 Å². The molecule has 3 rings (SSSR count). The van der Waals surface area contributed by atoms with Crippen LogP contribution in [0.25, 0.3) is 10.8 Å². The standard InChI is InChI=1S/C16H15N3O4S/c1-3-21-14-11(6-4-8-17-14)16(20)22-10(2)13-18-19-15(23-13)12-7-5-9-24-12/h4-10H,3H2,1-2H3. The minimum atomic E-state index is -0.687. The zero-order valence-corrected chi connectivity index (χ0v) is 13.9. The lowest BCUT2D eigenvalue weighted by atomic mass is 10.2. The van der Waals surface area contributed by atoms with Gasteiger partial charge in [0.1, 0.15) is 5.56 Å². The summed E-state index contributed by atoms with van der Waals surface area (Å²) < 4.78 is 16.3. The molecule has 1 atom stereocenters. The van der Waals surface area contributed by atoms with E-state index in [0.717, 1.165) is 4.88 Å². The largest absolute Gasteiger partial charge is 0.477 e. The molecule has 0 aliphatic rings. The average molecular weight is 345 g/mol. The van der Waals surface area contributed by atoms with Crippen LogP contribution in [0.3, 0.4) is 0 Å². The Labute approximate surface area is 142 Å². The predicted molar refractivity (Wildman–Crippen MR) is 86.8 cm³/mol. The predicted octanol–water partition coefficient (Wildman–Crippen LogP) is 3.51. The number of esters is 1. The Kier molecular flexibility index (Phi) is 4.85. The van der Waals surface area contributed by atoms with Gasteiger partial charge in [-0.25, -0.2) is 9.78 Å². The fourth-order valence-electron chi connectivity index (χ4n) is 1.97. The highest BCUT2D eigenvalue weighted by molar-refractivity contribution is 7.13. The van der Waals surface area contributed by atoms with Crippen molar-refractivity contribution in [1.29, 1.82) is 0 Å². The van der Waals surface area contributed by atoms with E-state index in [1.54, 1.807) is 25.3 Å². The van der Waals surface area contributed by atoms with Gasteiger partial charge in [-0.1, -0.05) is 6.07 Å². The molecule has 8 heteroatoms. The van der Waals surface area contributed by atoms with E-state index >= 15 is 0 Å². The van der Waals surface area contributed by atoms with Crippen molar-refractivity contribution in [2.45, 2.75) is 20.0 Å². The van der Waals surface area contributed by atoms with E-state index < -0.39 is 12.1 Å². The topological polar surface area (TPSA) is 87.3 Å². The third-order valence-electron chi connectivity index (χ3n) is 3.08. The van der Waals surface area contributed by atoms with Crippen LogP contribution < -0.4 is 4.74 Å². The van der Waals surface area contributed by atoms with Crippen LogP contribution in [0.1, 0.15) is 36.2 Å². The number of carbonyl (C=O) groups excluding carboxylic acids is 1. The van der Waals surface area contributed by atoms with Crippen LogP contribution in [-0.2, 0) is 4.74 Å². The summed E-state index contributed by atoms with van der Waals surface area (Å²) in [5, 5.41) is 9.83. The second kappa shape index (κ2) is 7.22. The van der Waals surface area contributed by atoms with Crippen LogP contribution in [0.15, 0.2) is 40.3 Å². The highest BCUT2D eigenvalue weighted by Gasteiger charge is 2.22. The third kappa shape index (κ3) is 3.43. The Morgan fingerprint density at radius 3 is 2.96 bits per heavy atom. The summed E-state index contributed by atoms with van der Waals surface area (Å²) in [7, 11) is 0. The first kappa shape index (κ1) is 16.1. The second-order valence-corrected chi connectivity index (χ2v) is 5.71. The molecule has 3 aromatic rings. The zero-order chi connectivity index (χ0) is 16.9. The van der Waals surface area contributed by atoms with Gasteiger partial charge in [-0.05, 0) is 37.4 Å². The Morgan fingerprint density at radius 2 is 2.21 bits per heavy atom. The van der Waals surface area contributed by atoms with E-state index in [2.05, 4.69) is 15.2 Å². The number of aromatic nitrogens is 3. The molecule has 0 aliphatic carbocycles. The van der Waals surface area contributed by atoms with Crippen molar-refractivity contribution in [2.75, 3.05) is 6.61 Å². The lowest BCUT2D eigenvalue weighted by Gasteiger charge is -2.11. The molecule has 7 nitrogen and oxygen atoms in total. The number of hydrogen-bond acceptors (Lipinski definition) is 8. The van der Waals surface area contributed by atoms with E-state index in [-0.39, 0.29) is 17.3 Å². The maximum Gasteiger partial charge on any atom is 0.344 e. The molecule has 0 saturated heterocycles. The summed E-state index contributed by atoms with van der Waals surface area (Å²) in [4.78, 5) is 17.2. The Hall–Kier alpha value is -2.74. The van der Waals surface area contributed by atoms with Crippen molar-refractivity contribution in [3.8, 4) is 16.6 Å². The number of thiophene rings is 1. The molecule has 0 radical (unpaired) electrons. The summed E-state index contributed by atoms with van der Waals surface area (Å²) in [6, 6.07) is 7.01. The van der Waals surface area contributed by atoms with Gasteiger partial charge in [0.15, 0.2) is 6.10 Å². The number of nitrogens with zero attached hydrogens (tertiary/aromatic N) is 3.